The van der Waals surface area contributed by atoms with E-state index in [1.165, 1.54) is 12.8 Å². The van der Waals surface area contributed by atoms with Gasteiger partial charge < -0.3 is 14.8 Å². The van der Waals surface area contributed by atoms with Crippen molar-refractivity contribution in [3.8, 4) is 23.0 Å². The number of fused-ring (bicyclic) bond motifs is 1. The molecule has 2 N–H and O–H groups in total. The van der Waals surface area contributed by atoms with Gasteiger partial charge in [0.15, 0.2) is 0 Å². The molecule has 0 bridgehead atoms. The van der Waals surface area contributed by atoms with Gasteiger partial charge in [-0.1, -0.05) is 11.6 Å². The molecule has 22 heavy (non-hydrogen) atoms. The largest absolute Gasteiger partial charge is 0.384 e. The molecule has 0 saturated carbocycles. The van der Waals surface area contributed by atoms with Crippen molar-refractivity contribution in [1.29, 1.82) is 0 Å². The number of anilines is 1. The SMILES string of the molecule is Nc1ccc(-c2noc(-c3cnc4n3CCCCC4)n2)cn1. The highest BCUT2D eigenvalue weighted by Gasteiger charge is 2.19. The normalized spacial score (nSPS) is 14.5. The lowest BCUT2D eigenvalue weighted by molar-refractivity contribution is 0.428. The van der Waals surface area contributed by atoms with Crippen molar-refractivity contribution in [2.75, 3.05) is 5.73 Å². The van der Waals surface area contributed by atoms with Crippen LogP contribution in [0.3, 0.4) is 0 Å². The van der Waals surface area contributed by atoms with Crippen molar-refractivity contribution >= 4 is 5.82 Å². The Kier molecular flexibility index (Phi) is 3.10. The first-order valence-electron chi connectivity index (χ1n) is 7.41. The van der Waals surface area contributed by atoms with Gasteiger partial charge in [0.2, 0.25) is 5.82 Å². The molecule has 4 heterocycles. The quantitative estimate of drug-likeness (QED) is 0.779. The number of hydrogen-bond donors (Lipinski definition) is 1. The van der Waals surface area contributed by atoms with E-state index < -0.39 is 0 Å². The monoisotopic (exact) mass is 296 g/mol. The van der Waals surface area contributed by atoms with E-state index in [1.807, 2.05) is 12.3 Å². The summed E-state index contributed by atoms with van der Waals surface area (Å²) in [5, 5.41) is 4.04. The minimum atomic E-state index is 0.466. The summed E-state index contributed by atoms with van der Waals surface area (Å²) in [6.07, 6.45) is 8.03. The fraction of sp³-hybridized carbons (Fsp3) is 0.333. The topological polar surface area (TPSA) is 95.7 Å². The first-order valence-corrected chi connectivity index (χ1v) is 7.41. The molecule has 1 aliphatic rings. The number of nitrogen functional groups attached to an aromatic ring is 1. The van der Waals surface area contributed by atoms with Crippen LogP contribution < -0.4 is 5.73 Å². The zero-order chi connectivity index (χ0) is 14.9. The molecule has 3 aromatic heterocycles. The molecule has 0 radical (unpaired) electrons. The summed E-state index contributed by atoms with van der Waals surface area (Å²) in [5.41, 5.74) is 7.26. The van der Waals surface area contributed by atoms with E-state index in [2.05, 4.69) is 24.7 Å². The lowest BCUT2D eigenvalue weighted by atomic mass is 10.2. The Hall–Kier alpha value is -2.70. The Bertz CT molecular complexity index is 789. The molecule has 7 nitrogen and oxygen atoms in total. The third kappa shape index (κ3) is 2.24. The van der Waals surface area contributed by atoms with E-state index in [-0.39, 0.29) is 0 Å². The van der Waals surface area contributed by atoms with E-state index in [4.69, 9.17) is 10.3 Å². The van der Waals surface area contributed by atoms with Crippen LogP contribution in [0.4, 0.5) is 5.82 Å². The van der Waals surface area contributed by atoms with Gasteiger partial charge in [-0.2, -0.15) is 4.98 Å². The van der Waals surface area contributed by atoms with Gasteiger partial charge >= 0.3 is 0 Å². The number of imidazole rings is 1. The molecule has 112 valence electrons. The lowest BCUT2D eigenvalue weighted by Gasteiger charge is -2.04. The summed E-state index contributed by atoms with van der Waals surface area (Å²) in [7, 11) is 0. The standard InChI is InChI=1S/C15H16N6O/c16-12-6-5-10(8-17-12)14-19-15(22-20-14)11-9-18-13-4-2-1-3-7-21(11)13/h5-6,8-9H,1-4,7H2,(H2,16,17). The van der Waals surface area contributed by atoms with Gasteiger partial charge in [0.1, 0.15) is 17.3 Å². The van der Waals surface area contributed by atoms with Crippen molar-refractivity contribution in [2.45, 2.75) is 32.2 Å². The molecule has 0 fully saturated rings. The lowest BCUT2D eigenvalue weighted by Crippen LogP contribution is -2.02. The third-order valence-electron chi connectivity index (χ3n) is 3.91. The predicted molar refractivity (Wildman–Crippen MR) is 80.7 cm³/mol. The fourth-order valence-electron chi connectivity index (χ4n) is 2.75. The summed E-state index contributed by atoms with van der Waals surface area (Å²) in [5.74, 6) is 2.56. The average molecular weight is 296 g/mol. The van der Waals surface area contributed by atoms with Crippen molar-refractivity contribution in [2.24, 2.45) is 0 Å². The number of hydrogen-bond acceptors (Lipinski definition) is 6. The van der Waals surface area contributed by atoms with Crippen LogP contribution in [-0.2, 0) is 13.0 Å². The summed E-state index contributed by atoms with van der Waals surface area (Å²) in [6.45, 7) is 0.950. The third-order valence-corrected chi connectivity index (χ3v) is 3.91. The van der Waals surface area contributed by atoms with Gasteiger partial charge in [-0.25, -0.2) is 9.97 Å². The van der Waals surface area contributed by atoms with Gasteiger partial charge in [0.25, 0.3) is 5.89 Å². The second kappa shape index (κ2) is 5.25. The van der Waals surface area contributed by atoms with Crippen molar-refractivity contribution in [3.05, 3.63) is 30.4 Å². The van der Waals surface area contributed by atoms with E-state index in [9.17, 15) is 0 Å². The fourth-order valence-corrected chi connectivity index (χ4v) is 2.75. The molecule has 7 heteroatoms. The zero-order valence-corrected chi connectivity index (χ0v) is 12.1. The Labute approximate surface area is 127 Å². The van der Waals surface area contributed by atoms with Crippen LogP contribution >= 0.6 is 0 Å². The Morgan fingerprint density at radius 2 is 2.05 bits per heavy atom. The van der Waals surface area contributed by atoms with Gasteiger partial charge in [-0.15, -0.1) is 0 Å². The average Bonchev–Trinajstić information content (AvgIpc) is 3.09. The molecular formula is C15H16N6O. The molecule has 0 aliphatic carbocycles. The maximum atomic E-state index is 5.59. The van der Waals surface area contributed by atoms with Crippen molar-refractivity contribution < 1.29 is 4.52 Å². The first-order chi connectivity index (χ1) is 10.8. The van der Waals surface area contributed by atoms with E-state index >= 15 is 0 Å². The molecule has 1 aliphatic heterocycles. The molecule has 0 unspecified atom stereocenters. The smallest absolute Gasteiger partial charge is 0.276 e. The second-order valence-electron chi connectivity index (χ2n) is 5.42. The molecule has 0 atom stereocenters. The van der Waals surface area contributed by atoms with E-state index in [0.29, 0.717) is 17.5 Å². The summed E-state index contributed by atoms with van der Waals surface area (Å²) in [6, 6.07) is 3.55. The minimum absolute atomic E-state index is 0.466. The molecule has 4 rings (SSSR count). The maximum Gasteiger partial charge on any atom is 0.276 e. The predicted octanol–water partition coefficient (Wildman–Crippen LogP) is 2.30. The van der Waals surface area contributed by atoms with E-state index in [1.54, 1.807) is 12.3 Å². The second-order valence-corrected chi connectivity index (χ2v) is 5.42. The van der Waals surface area contributed by atoms with Crippen LogP contribution in [-0.4, -0.2) is 24.7 Å². The molecule has 0 spiro atoms. The number of nitrogens with zero attached hydrogens (tertiary/aromatic N) is 5. The van der Waals surface area contributed by atoms with Crippen molar-refractivity contribution in [1.82, 2.24) is 24.7 Å². The first kappa shape index (κ1) is 13.0. The van der Waals surface area contributed by atoms with E-state index in [0.717, 1.165) is 36.5 Å². The number of nitrogens with two attached hydrogens (primary N) is 1. The van der Waals surface area contributed by atoms with Crippen molar-refractivity contribution in [3.63, 3.8) is 0 Å². The highest BCUT2D eigenvalue weighted by atomic mass is 16.5. The highest BCUT2D eigenvalue weighted by molar-refractivity contribution is 5.58. The van der Waals surface area contributed by atoms with Gasteiger partial charge in [0, 0.05) is 24.7 Å². The minimum Gasteiger partial charge on any atom is -0.384 e. The van der Waals surface area contributed by atoms with Crippen LogP contribution in [0, 0.1) is 0 Å². The van der Waals surface area contributed by atoms with Crippen LogP contribution in [0.15, 0.2) is 29.0 Å². The van der Waals surface area contributed by atoms with Crippen LogP contribution in [0.5, 0.6) is 0 Å². The Balaban J connectivity index is 1.70. The van der Waals surface area contributed by atoms with Gasteiger partial charge in [0.05, 0.1) is 6.20 Å². The molecule has 0 aromatic carbocycles. The zero-order valence-electron chi connectivity index (χ0n) is 12.1. The highest BCUT2D eigenvalue weighted by Crippen LogP contribution is 2.25. The molecular weight excluding hydrogens is 280 g/mol. The number of aryl methyl sites for hydroxylation is 1. The molecule has 3 aromatic rings. The Morgan fingerprint density at radius 1 is 1.09 bits per heavy atom. The number of pyridine rings is 1. The van der Waals surface area contributed by atoms with Gasteiger partial charge in [-0.05, 0) is 25.0 Å². The number of rotatable bonds is 2. The number of aromatic nitrogens is 5. The van der Waals surface area contributed by atoms with Crippen LogP contribution in [0.2, 0.25) is 0 Å². The summed E-state index contributed by atoms with van der Waals surface area (Å²) >= 11 is 0. The summed E-state index contributed by atoms with van der Waals surface area (Å²) < 4.78 is 7.61. The molecule has 0 amide bonds. The summed E-state index contributed by atoms with van der Waals surface area (Å²) in [4.78, 5) is 13.0. The van der Waals surface area contributed by atoms with Gasteiger partial charge in [-0.3, -0.25) is 0 Å². The maximum absolute atomic E-state index is 5.59. The Morgan fingerprint density at radius 3 is 2.91 bits per heavy atom. The van der Waals surface area contributed by atoms with Crippen LogP contribution in [0.1, 0.15) is 25.1 Å². The van der Waals surface area contributed by atoms with Crippen LogP contribution in [0.25, 0.3) is 23.0 Å². The molecule has 0 saturated heterocycles.